The van der Waals surface area contributed by atoms with Gasteiger partial charge in [0.2, 0.25) is 5.91 Å². The number of rotatable bonds is 5. The molecule has 0 spiro atoms. The van der Waals surface area contributed by atoms with Crippen LogP contribution in [0.3, 0.4) is 0 Å². The van der Waals surface area contributed by atoms with E-state index in [-0.39, 0.29) is 5.91 Å². The first-order valence-electron chi connectivity index (χ1n) is 5.23. The minimum Gasteiger partial charge on any atom is -0.497 e. The van der Waals surface area contributed by atoms with Gasteiger partial charge in [-0.3, -0.25) is 4.79 Å². The van der Waals surface area contributed by atoms with Crippen LogP contribution in [0.1, 0.15) is 0 Å². The molecule has 1 rings (SSSR count). The van der Waals surface area contributed by atoms with Gasteiger partial charge in [0.1, 0.15) is 11.5 Å². The molecule has 0 unspecified atom stereocenters. The van der Waals surface area contributed by atoms with Gasteiger partial charge in [0.05, 0.1) is 26.5 Å². The fourth-order valence-corrected chi connectivity index (χ4v) is 1.39. The Kier molecular flexibility index (Phi) is 4.78. The molecule has 0 fully saturated rings. The number of ether oxygens (including phenoxy) is 2. The van der Waals surface area contributed by atoms with Gasteiger partial charge in [-0.1, -0.05) is 0 Å². The van der Waals surface area contributed by atoms with E-state index in [0.717, 1.165) is 0 Å². The van der Waals surface area contributed by atoms with Crippen LogP contribution in [0, 0.1) is 0 Å². The number of carbonyl (C=O) groups is 1. The highest BCUT2D eigenvalue weighted by Gasteiger charge is 2.09. The SMILES string of the molecule is COc1ccc(OC)c(NC(=O)CN(C)C)c1. The average Bonchev–Trinajstić information content (AvgIpc) is 2.27. The maximum absolute atomic E-state index is 11.6. The Morgan fingerprint density at radius 1 is 1.29 bits per heavy atom. The number of likely N-dealkylation sites (N-methyl/N-ethyl adjacent to an activating group) is 1. The molecule has 0 aliphatic heterocycles. The number of hydrogen-bond acceptors (Lipinski definition) is 4. The summed E-state index contributed by atoms with van der Waals surface area (Å²) in [4.78, 5) is 13.4. The van der Waals surface area contributed by atoms with E-state index in [1.54, 1.807) is 37.3 Å². The largest absolute Gasteiger partial charge is 0.497 e. The Morgan fingerprint density at radius 3 is 2.53 bits per heavy atom. The van der Waals surface area contributed by atoms with Crippen molar-refractivity contribution in [1.29, 1.82) is 0 Å². The van der Waals surface area contributed by atoms with Crippen molar-refractivity contribution in [2.24, 2.45) is 0 Å². The smallest absolute Gasteiger partial charge is 0.238 e. The summed E-state index contributed by atoms with van der Waals surface area (Å²) < 4.78 is 10.3. The molecule has 0 saturated carbocycles. The van der Waals surface area contributed by atoms with Crippen LogP contribution in [-0.4, -0.2) is 45.7 Å². The van der Waals surface area contributed by atoms with Gasteiger partial charge in [0.15, 0.2) is 0 Å². The Morgan fingerprint density at radius 2 is 2.00 bits per heavy atom. The van der Waals surface area contributed by atoms with Gasteiger partial charge in [0.25, 0.3) is 0 Å². The van der Waals surface area contributed by atoms with E-state index in [9.17, 15) is 4.79 Å². The lowest BCUT2D eigenvalue weighted by Gasteiger charge is -2.13. The monoisotopic (exact) mass is 238 g/mol. The molecule has 0 heterocycles. The summed E-state index contributed by atoms with van der Waals surface area (Å²) in [6, 6.07) is 5.26. The van der Waals surface area contributed by atoms with Crippen molar-refractivity contribution in [2.75, 3.05) is 40.2 Å². The first kappa shape index (κ1) is 13.3. The predicted octanol–water partition coefficient (Wildman–Crippen LogP) is 1.20. The van der Waals surface area contributed by atoms with E-state index in [1.807, 2.05) is 14.1 Å². The number of carbonyl (C=O) groups excluding carboxylic acids is 1. The van der Waals surface area contributed by atoms with E-state index in [0.29, 0.717) is 23.7 Å². The third-order valence-electron chi connectivity index (χ3n) is 2.14. The second-order valence-electron chi connectivity index (χ2n) is 3.85. The van der Waals surface area contributed by atoms with Crippen molar-refractivity contribution >= 4 is 11.6 Å². The zero-order valence-electron chi connectivity index (χ0n) is 10.6. The molecule has 1 N–H and O–H groups in total. The maximum atomic E-state index is 11.6. The number of methoxy groups -OCH3 is 2. The van der Waals surface area contributed by atoms with E-state index < -0.39 is 0 Å². The lowest BCUT2D eigenvalue weighted by molar-refractivity contribution is -0.116. The lowest BCUT2D eigenvalue weighted by Crippen LogP contribution is -2.27. The number of hydrogen-bond donors (Lipinski definition) is 1. The van der Waals surface area contributed by atoms with E-state index >= 15 is 0 Å². The quantitative estimate of drug-likeness (QED) is 0.837. The molecule has 17 heavy (non-hydrogen) atoms. The molecule has 0 aliphatic carbocycles. The van der Waals surface area contributed by atoms with Crippen molar-refractivity contribution in [1.82, 2.24) is 4.90 Å². The third-order valence-corrected chi connectivity index (χ3v) is 2.14. The van der Waals surface area contributed by atoms with Crippen LogP contribution in [0.25, 0.3) is 0 Å². The highest BCUT2D eigenvalue weighted by molar-refractivity contribution is 5.93. The van der Waals surface area contributed by atoms with Gasteiger partial charge in [-0.05, 0) is 26.2 Å². The van der Waals surface area contributed by atoms with Crippen molar-refractivity contribution in [3.05, 3.63) is 18.2 Å². The number of nitrogens with one attached hydrogen (secondary N) is 1. The first-order valence-corrected chi connectivity index (χ1v) is 5.23. The molecule has 0 aromatic heterocycles. The summed E-state index contributed by atoms with van der Waals surface area (Å²) >= 11 is 0. The number of benzene rings is 1. The highest BCUT2D eigenvalue weighted by atomic mass is 16.5. The maximum Gasteiger partial charge on any atom is 0.238 e. The Bertz CT molecular complexity index is 391. The summed E-state index contributed by atoms with van der Waals surface area (Å²) in [7, 11) is 6.81. The zero-order valence-corrected chi connectivity index (χ0v) is 10.6. The van der Waals surface area contributed by atoms with Crippen molar-refractivity contribution in [3.63, 3.8) is 0 Å². The molecule has 5 nitrogen and oxygen atoms in total. The second-order valence-corrected chi connectivity index (χ2v) is 3.85. The molecule has 0 bridgehead atoms. The Balaban J connectivity index is 2.83. The summed E-state index contributed by atoms with van der Waals surface area (Å²) in [5.41, 5.74) is 0.610. The summed E-state index contributed by atoms with van der Waals surface area (Å²) in [5.74, 6) is 1.19. The minimum absolute atomic E-state index is 0.0958. The van der Waals surface area contributed by atoms with Crippen LogP contribution >= 0.6 is 0 Å². The Hall–Kier alpha value is -1.75. The molecule has 1 aromatic carbocycles. The summed E-state index contributed by atoms with van der Waals surface area (Å²) in [6.07, 6.45) is 0. The van der Waals surface area contributed by atoms with Gasteiger partial charge >= 0.3 is 0 Å². The van der Waals surface area contributed by atoms with Crippen LogP contribution in [-0.2, 0) is 4.79 Å². The molecule has 1 aromatic rings. The van der Waals surface area contributed by atoms with Gasteiger partial charge in [-0.2, -0.15) is 0 Å². The van der Waals surface area contributed by atoms with E-state index in [1.165, 1.54) is 0 Å². The van der Waals surface area contributed by atoms with Crippen molar-refractivity contribution in [3.8, 4) is 11.5 Å². The average molecular weight is 238 g/mol. The molecular formula is C12H18N2O3. The van der Waals surface area contributed by atoms with Crippen LogP contribution in [0.2, 0.25) is 0 Å². The minimum atomic E-state index is -0.0958. The van der Waals surface area contributed by atoms with Crippen LogP contribution in [0.5, 0.6) is 11.5 Å². The number of anilines is 1. The number of amides is 1. The van der Waals surface area contributed by atoms with Crippen LogP contribution in [0.4, 0.5) is 5.69 Å². The highest BCUT2D eigenvalue weighted by Crippen LogP contribution is 2.28. The van der Waals surface area contributed by atoms with Crippen LogP contribution < -0.4 is 14.8 Å². The van der Waals surface area contributed by atoms with Crippen molar-refractivity contribution in [2.45, 2.75) is 0 Å². The second kappa shape index (κ2) is 6.10. The fraction of sp³-hybridized carbons (Fsp3) is 0.417. The molecule has 0 atom stereocenters. The number of nitrogens with zero attached hydrogens (tertiary/aromatic N) is 1. The fourth-order valence-electron chi connectivity index (χ4n) is 1.39. The third kappa shape index (κ3) is 3.96. The molecular weight excluding hydrogens is 220 g/mol. The van der Waals surface area contributed by atoms with E-state index in [2.05, 4.69) is 5.32 Å². The first-order chi connectivity index (χ1) is 8.06. The molecule has 1 amide bonds. The van der Waals surface area contributed by atoms with Crippen LogP contribution in [0.15, 0.2) is 18.2 Å². The summed E-state index contributed by atoms with van der Waals surface area (Å²) in [6.45, 7) is 0.320. The van der Waals surface area contributed by atoms with Gasteiger partial charge in [-0.15, -0.1) is 0 Å². The van der Waals surface area contributed by atoms with Gasteiger partial charge in [0, 0.05) is 6.07 Å². The zero-order chi connectivity index (χ0) is 12.8. The topological polar surface area (TPSA) is 50.8 Å². The van der Waals surface area contributed by atoms with E-state index in [4.69, 9.17) is 9.47 Å². The standard InChI is InChI=1S/C12H18N2O3/c1-14(2)8-12(15)13-10-7-9(16-3)5-6-11(10)17-4/h5-7H,8H2,1-4H3,(H,13,15). The molecule has 0 saturated heterocycles. The predicted molar refractivity (Wildman–Crippen MR) is 66.7 cm³/mol. The van der Waals surface area contributed by atoms with Gasteiger partial charge in [-0.25, -0.2) is 0 Å². The van der Waals surface area contributed by atoms with Gasteiger partial charge < -0.3 is 19.7 Å². The Labute approximate surface area is 101 Å². The van der Waals surface area contributed by atoms with Crippen molar-refractivity contribution < 1.29 is 14.3 Å². The molecule has 5 heteroatoms. The summed E-state index contributed by atoms with van der Waals surface area (Å²) in [5, 5.41) is 2.78. The normalized spacial score (nSPS) is 10.2. The lowest BCUT2D eigenvalue weighted by atomic mass is 10.2. The molecule has 94 valence electrons. The molecule has 0 aliphatic rings. The molecule has 0 radical (unpaired) electrons.